The zero-order chi connectivity index (χ0) is 11.7. The van der Waals surface area contributed by atoms with Gasteiger partial charge in [0.05, 0.1) is 13.2 Å². The van der Waals surface area contributed by atoms with Crippen LogP contribution in [0.25, 0.3) is 0 Å². The molecule has 0 rings (SSSR count). The van der Waals surface area contributed by atoms with Crippen LogP contribution in [0.1, 0.15) is 0 Å². The van der Waals surface area contributed by atoms with Gasteiger partial charge in [0.15, 0.2) is 6.29 Å². The third-order valence-electron chi connectivity index (χ3n) is 1.18. The topological polar surface area (TPSA) is 85.2 Å². The average Bonchev–Trinajstić information content (AvgIpc) is 2.15. The van der Waals surface area contributed by atoms with Crippen molar-refractivity contribution < 1.29 is 28.3 Å². The fourth-order valence-corrected chi connectivity index (χ4v) is 0.969. The molecule has 15 heavy (non-hydrogen) atoms. The third kappa shape index (κ3) is 9.81. The molecule has 0 unspecified atom stereocenters. The molecule has 0 aliphatic rings. The van der Waals surface area contributed by atoms with Crippen molar-refractivity contribution in [1.29, 1.82) is 0 Å². The molecule has 0 heterocycles. The summed E-state index contributed by atoms with van der Waals surface area (Å²) in [6.45, 7) is 6.90. The molecule has 0 amide bonds. The second kappa shape index (κ2) is 7.76. The van der Waals surface area contributed by atoms with Gasteiger partial charge in [0.2, 0.25) is 0 Å². The van der Waals surface area contributed by atoms with Gasteiger partial charge in [-0.25, -0.2) is 4.57 Å². The van der Waals surface area contributed by atoms with Gasteiger partial charge in [-0.15, -0.1) is 13.2 Å². The molecule has 0 fully saturated rings. The predicted molar refractivity (Wildman–Crippen MR) is 54.1 cm³/mol. The summed E-state index contributed by atoms with van der Waals surface area (Å²) >= 11 is 0. The molecule has 6 nitrogen and oxygen atoms in total. The molecule has 0 saturated heterocycles. The van der Waals surface area contributed by atoms with Gasteiger partial charge in [0.1, 0.15) is 6.61 Å². The van der Waals surface area contributed by atoms with Crippen LogP contribution in [0, 0.1) is 0 Å². The van der Waals surface area contributed by atoms with Gasteiger partial charge in [0, 0.05) is 0 Å². The van der Waals surface area contributed by atoms with E-state index in [1.165, 1.54) is 12.2 Å². The minimum Gasteiger partial charge on any atom is -0.346 e. The fraction of sp³-hybridized carbons (Fsp3) is 0.500. The van der Waals surface area contributed by atoms with Crippen LogP contribution < -0.4 is 0 Å². The van der Waals surface area contributed by atoms with Crippen molar-refractivity contribution in [3.63, 3.8) is 0 Å². The van der Waals surface area contributed by atoms with Crippen molar-refractivity contribution in [3.8, 4) is 0 Å². The van der Waals surface area contributed by atoms with E-state index in [0.29, 0.717) is 0 Å². The largest absolute Gasteiger partial charge is 0.469 e. The Morgan fingerprint density at radius 3 is 2.00 bits per heavy atom. The summed E-state index contributed by atoms with van der Waals surface area (Å²) < 4.78 is 24.7. The molecule has 0 atom stereocenters. The van der Waals surface area contributed by atoms with Gasteiger partial charge < -0.3 is 19.3 Å². The summed E-state index contributed by atoms with van der Waals surface area (Å²) in [5.41, 5.74) is 0. The summed E-state index contributed by atoms with van der Waals surface area (Å²) in [5.74, 6) is 0. The van der Waals surface area contributed by atoms with Gasteiger partial charge in [-0.2, -0.15) is 0 Å². The highest BCUT2D eigenvalue weighted by Crippen LogP contribution is 2.35. The van der Waals surface area contributed by atoms with Crippen molar-refractivity contribution in [2.24, 2.45) is 0 Å². The van der Waals surface area contributed by atoms with E-state index in [2.05, 4.69) is 17.7 Å². The molecule has 0 bridgehead atoms. The Hall–Kier alpha value is -0.490. The van der Waals surface area contributed by atoms with Crippen LogP contribution in [0.4, 0.5) is 0 Å². The lowest BCUT2D eigenvalue weighted by molar-refractivity contribution is -0.146. The summed E-state index contributed by atoms with van der Waals surface area (Å²) in [7, 11) is -4.50. The van der Waals surface area contributed by atoms with Crippen LogP contribution in [-0.2, 0) is 18.6 Å². The Morgan fingerprint density at radius 2 is 1.67 bits per heavy atom. The lowest BCUT2D eigenvalue weighted by Crippen LogP contribution is -2.23. The summed E-state index contributed by atoms with van der Waals surface area (Å²) in [6, 6.07) is 0. The Labute approximate surface area is 88.4 Å². The van der Waals surface area contributed by atoms with Crippen molar-refractivity contribution in [3.05, 3.63) is 25.3 Å². The Kier molecular flexibility index (Phi) is 7.50. The average molecular weight is 238 g/mol. The van der Waals surface area contributed by atoms with Gasteiger partial charge in [-0.05, 0) is 0 Å². The summed E-state index contributed by atoms with van der Waals surface area (Å²) in [4.78, 5) is 16.9. The highest BCUT2D eigenvalue weighted by atomic mass is 31.2. The van der Waals surface area contributed by atoms with E-state index in [0.717, 1.165) is 0 Å². The molecular formula is C8H15O6P. The quantitative estimate of drug-likeness (QED) is 0.351. The van der Waals surface area contributed by atoms with E-state index in [9.17, 15) is 4.57 Å². The van der Waals surface area contributed by atoms with Crippen molar-refractivity contribution >= 4 is 7.82 Å². The first-order chi connectivity index (χ1) is 6.99. The molecule has 0 aromatic heterocycles. The predicted octanol–water partition coefficient (Wildman–Crippen LogP) is 0.827. The van der Waals surface area contributed by atoms with Crippen LogP contribution in [0.15, 0.2) is 25.3 Å². The highest BCUT2D eigenvalue weighted by molar-refractivity contribution is 7.46. The maximum absolute atomic E-state index is 10.4. The number of rotatable bonds is 9. The van der Waals surface area contributed by atoms with Crippen LogP contribution in [0.3, 0.4) is 0 Å². The van der Waals surface area contributed by atoms with E-state index in [1.807, 2.05) is 0 Å². The molecule has 2 N–H and O–H groups in total. The smallest absolute Gasteiger partial charge is 0.346 e. The van der Waals surface area contributed by atoms with Gasteiger partial charge in [-0.1, -0.05) is 12.2 Å². The number of phosphoric ester groups is 1. The monoisotopic (exact) mass is 238 g/mol. The lowest BCUT2D eigenvalue weighted by Gasteiger charge is -2.17. The Balaban J connectivity index is 3.93. The molecule has 0 aromatic rings. The fourth-order valence-electron chi connectivity index (χ4n) is 0.653. The van der Waals surface area contributed by atoms with Crippen LogP contribution in [-0.4, -0.2) is 35.9 Å². The second-order valence-corrected chi connectivity index (χ2v) is 3.70. The minimum absolute atomic E-state index is 0.201. The minimum atomic E-state index is -4.50. The maximum Gasteiger partial charge on any atom is 0.469 e. The standard InChI is InChI=1S/C8H15O6P/c1-3-5-12-8(13-6-4-2)7-14-15(9,10)11/h3-4,8H,1-2,5-7H2,(H2,9,10,11). The van der Waals surface area contributed by atoms with Crippen molar-refractivity contribution in [2.45, 2.75) is 6.29 Å². The SMILES string of the molecule is C=CCOC(COP(=O)(O)O)OCC=C. The molecule has 0 aliphatic carbocycles. The molecule has 0 aliphatic heterocycles. The summed E-state index contributed by atoms with van der Waals surface area (Å²) in [6.07, 6.45) is 2.12. The molecule has 0 spiro atoms. The third-order valence-corrected chi connectivity index (χ3v) is 1.66. The number of phosphoric acid groups is 1. The number of ether oxygens (including phenoxy) is 2. The van der Waals surface area contributed by atoms with E-state index in [1.54, 1.807) is 0 Å². The molecule has 7 heteroatoms. The van der Waals surface area contributed by atoms with Crippen molar-refractivity contribution in [1.82, 2.24) is 0 Å². The van der Waals surface area contributed by atoms with Crippen molar-refractivity contribution in [2.75, 3.05) is 19.8 Å². The van der Waals surface area contributed by atoms with Crippen LogP contribution in [0.5, 0.6) is 0 Å². The zero-order valence-corrected chi connectivity index (χ0v) is 9.14. The van der Waals surface area contributed by atoms with E-state index >= 15 is 0 Å². The zero-order valence-electron chi connectivity index (χ0n) is 8.24. The first kappa shape index (κ1) is 14.5. The molecular weight excluding hydrogens is 223 g/mol. The van der Waals surface area contributed by atoms with E-state index in [-0.39, 0.29) is 19.8 Å². The lowest BCUT2D eigenvalue weighted by atomic mass is 10.6. The first-order valence-corrected chi connectivity index (χ1v) is 5.67. The summed E-state index contributed by atoms with van der Waals surface area (Å²) in [5, 5.41) is 0. The van der Waals surface area contributed by atoms with Gasteiger partial charge >= 0.3 is 7.82 Å². The number of hydrogen-bond donors (Lipinski definition) is 2. The Bertz CT molecular complexity index is 223. The van der Waals surface area contributed by atoms with Gasteiger partial charge in [-0.3, -0.25) is 4.52 Å². The maximum atomic E-state index is 10.4. The normalized spacial score (nSPS) is 11.7. The first-order valence-electron chi connectivity index (χ1n) is 4.14. The van der Waals surface area contributed by atoms with Gasteiger partial charge in [0.25, 0.3) is 0 Å². The molecule has 88 valence electrons. The molecule has 0 aromatic carbocycles. The second-order valence-electron chi connectivity index (χ2n) is 2.46. The highest BCUT2D eigenvalue weighted by Gasteiger charge is 2.18. The Morgan fingerprint density at radius 1 is 1.20 bits per heavy atom. The van der Waals surface area contributed by atoms with Crippen LogP contribution in [0.2, 0.25) is 0 Å². The van der Waals surface area contributed by atoms with E-state index < -0.39 is 14.1 Å². The molecule has 0 saturated carbocycles. The van der Waals surface area contributed by atoms with E-state index in [4.69, 9.17) is 19.3 Å². The molecule has 0 radical (unpaired) electrons. The number of hydrogen-bond acceptors (Lipinski definition) is 4. The van der Waals surface area contributed by atoms with Crippen LogP contribution >= 0.6 is 7.82 Å².